The number of carbonyl (C=O) groups is 1. The lowest BCUT2D eigenvalue weighted by molar-refractivity contribution is -0.122. The lowest BCUT2D eigenvalue weighted by Crippen LogP contribution is -2.33. The first kappa shape index (κ1) is 16.1. The second-order valence-electron chi connectivity index (χ2n) is 5.89. The molecule has 8 heteroatoms. The molecule has 24 heavy (non-hydrogen) atoms. The maximum absolute atomic E-state index is 12.3. The van der Waals surface area contributed by atoms with Gasteiger partial charge in [-0.25, -0.2) is 9.67 Å². The largest absolute Gasteiger partial charge is 0.346 e. The first-order valence-corrected chi connectivity index (χ1v) is 8.12. The van der Waals surface area contributed by atoms with Crippen LogP contribution in [0.2, 0.25) is 0 Å². The number of aromatic nitrogens is 6. The molecule has 0 radical (unpaired) electrons. The number of aryl methyl sites for hydroxylation is 1. The van der Waals surface area contributed by atoms with Gasteiger partial charge < -0.3 is 10.3 Å². The Morgan fingerprint density at radius 3 is 2.92 bits per heavy atom. The Morgan fingerprint density at radius 1 is 1.38 bits per heavy atom. The second-order valence-corrected chi connectivity index (χ2v) is 5.89. The van der Waals surface area contributed by atoms with Crippen LogP contribution in [0.15, 0.2) is 30.6 Å². The standard InChI is InChI=1S/C16H21N7O/c1-3-11(2)15(16-18-12-6-4-5-7-13(12)19-16)20-14(24)8-9-23-10-17-21-22-23/h4-7,10-11,15H,3,8-9H2,1-2H3,(H,18,19)(H,20,24)/t11-,15-/m0/s1. The number of nitrogens with zero attached hydrogens (tertiary/aromatic N) is 5. The molecular weight excluding hydrogens is 306 g/mol. The lowest BCUT2D eigenvalue weighted by atomic mass is 9.98. The fraction of sp³-hybridized carbons (Fsp3) is 0.438. The normalized spacial score (nSPS) is 13.8. The summed E-state index contributed by atoms with van der Waals surface area (Å²) in [7, 11) is 0. The highest BCUT2D eigenvalue weighted by Crippen LogP contribution is 2.24. The first-order chi connectivity index (χ1) is 11.7. The van der Waals surface area contributed by atoms with E-state index in [9.17, 15) is 4.79 Å². The van der Waals surface area contributed by atoms with Crippen LogP contribution in [0.4, 0.5) is 0 Å². The minimum atomic E-state index is -0.149. The number of nitrogens with one attached hydrogen (secondary N) is 2. The van der Waals surface area contributed by atoms with Crippen molar-refractivity contribution in [2.75, 3.05) is 0 Å². The second kappa shape index (κ2) is 7.20. The fourth-order valence-corrected chi connectivity index (χ4v) is 2.58. The SMILES string of the molecule is CC[C@H](C)[C@H](NC(=O)CCn1cnnn1)c1nc2ccccc2[nH]1. The Bertz CT molecular complexity index is 763. The Hall–Kier alpha value is -2.77. The molecule has 0 spiro atoms. The van der Waals surface area contributed by atoms with Gasteiger partial charge in [-0.15, -0.1) is 5.10 Å². The van der Waals surface area contributed by atoms with Crippen molar-refractivity contribution in [3.05, 3.63) is 36.4 Å². The van der Waals surface area contributed by atoms with Crippen LogP contribution in [-0.4, -0.2) is 36.1 Å². The molecule has 2 aromatic heterocycles. The minimum absolute atomic E-state index is 0.0451. The molecule has 126 valence electrons. The molecule has 0 fully saturated rings. The number of fused-ring (bicyclic) bond motifs is 1. The van der Waals surface area contributed by atoms with Gasteiger partial charge in [-0.3, -0.25) is 4.79 Å². The Labute approximate surface area is 139 Å². The van der Waals surface area contributed by atoms with Crippen LogP contribution in [0.5, 0.6) is 0 Å². The molecule has 2 heterocycles. The third kappa shape index (κ3) is 3.58. The highest BCUT2D eigenvalue weighted by atomic mass is 16.1. The van der Waals surface area contributed by atoms with Gasteiger partial charge in [0.1, 0.15) is 12.2 Å². The molecule has 0 aliphatic heterocycles. The average Bonchev–Trinajstić information content (AvgIpc) is 3.26. The Kier molecular flexibility index (Phi) is 4.83. The number of tetrazole rings is 1. The fourth-order valence-electron chi connectivity index (χ4n) is 2.58. The van der Waals surface area contributed by atoms with E-state index in [4.69, 9.17) is 0 Å². The van der Waals surface area contributed by atoms with E-state index in [1.54, 1.807) is 4.68 Å². The molecular formula is C16H21N7O. The van der Waals surface area contributed by atoms with E-state index in [2.05, 4.69) is 44.7 Å². The van der Waals surface area contributed by atoms with Crippen molar-refractivity contribution in [3.63, 3.8) is 0 Å². The first-order valence-electron chi connectivity index (χ1n) is 8.12. The minimum Gasteiger partial charge on any atom is -0.346 e. The number of imidazole rings is 1. The van der Waals surface area contributed by atoms with E-state index in [0.29, 0.717) is 13.0 Å². The van der Waals surface area contributed by atoms with Gasteiger partial charge in [-0.2, -0.15) is 0 Å². The number of carbonyl (C=O) groups excluding carboxylic acids is 1. The molecule has 0 unspecified atom stereocenters. The number of aromatic amines is 1. The molecule has 2 atom stereocenters. The van der Waals surface area contributed by atoms with E-state index >= 15 is 0 Å². The molecule has 1 amide bonds. The van der Waals surface area contributed by atoms with Crippen LogP contribution in [0.1, 0.15) is 38.6 Å². The van der Waals surface area contributed by atoms with Crippen LogP contribution in [-0.2, 0) is 11.3 Å². The number of H-pyrrole nitrogens is 1. The third-order valence-electron chi connectivity index (χ3n) is 4.19. The lowest BCUT2D eigenvalue weighted by Gasteiger charge is -2.22. The van der Waals surface area contributed by atoms with Gasteiger partial charge in [0.15, 0.2) is 0 Å². The van der Waals surface area contributed by atoms with Crippen LogP contribution < -0.4 is 5.32 Å². The van der Waals surface area contributed by atoms with Gasteiger partial charge in [0, 0.05) is 6.42 Å². The smallest absolute Gasteiger partial charge is 0.222 e. The van der Waals surface area contributed by atoms with Crippen molar-refractivity contribution < 1.29 is 4.79 Å². The van der Waals surface area contributed by atoms with E-state index in [1.165, 1.54) is 6.33 Å². The number of hydrogen-bond acceptors (Lipinski definition) is 5. The zero-order valence-corrected chi connectivity index (χ0v) is 13.8. The average molecular weight is 327 g/mol. The van der Waals surface area contributed by atoms with Crippen molar-refractivity contribution >= 4 is 16.9 Å². The van der Waals surface area contributed by atoms with Crippen molar-refractivity contribution in [2.24, 2.45) is 5.92 Å². The molecule has 3 rings (SSSR count). The van der Waals surface area contributed by atoms with Gasteiger partial charge >= 0.3 is 0 Å². The van der Waals surface area contributed by atoms with Gasteiger partial charge in [0.05, 0.1) is 23.6 Å². The summed E-state index contributed by atoms with van der Waals surface area (Å²) < 4.78 is 1.54. The number of benzene rings is 1. The van der Waals surface area contributed by atoms with E-state index in [0.717, 1.165) is 23.3 Å². The molecule has 0 saturated heterocycles. The third-order valence-corrected chi connectivity index (χ3v) is 4.19. The summed E-state index contributed by atoms with van der Waals surface area (Å²) in [4.78, 5) is 20.3. The van der Waals surface area contributed by atoms with Crippen molar-refractivity contribution in [3.8, 4) is 0 Å². The number of hydrogen-bond donors (Lipinski definition) is 2. The predicted molar refractivity (Wildman–Crippen MR) is 88.9 cm³/mol. The highest BCUT2D eigenvalue weighted by Gasteiger charge is 2.23. The summed E-state index contributed by atoms with van der Waals surface area (Å²) in [6.45, 7) is 4.67. The summed E-state index contributed by atoms with van der Waals surface area (Å²) in [5.41, 5.74) is 1.88. The number of para-hydroxylation sites is 2. The van der Waals surface area contributed by atoms with E-state index in [-0.39, 0.29) is 17.9 Å². The summed E-state index contributed by atoms with van der Waals surface area (Å²) in [6, 6.07) is 7.72. The van der Waals surface area contributed by atoms with Crippen molar-refractivity contribution in [2.45, 2.75) is 39.3 Å². The number of rotatable bonds is 7. The Balaban J connectivity index is 1.72. The van der Waals surface area contributed by atoms with Crippen LogP contribution >= 0.6 is 0 Å². The molecule has 2 N–H and O–H groups in total. The van der Waals surface area contributed by atoms with E-state index < -0.39 is 0 Å². The zero-order chi connectivity index (χ0) is 16.9. The molecule has 0 saturated carbocycles. The maximum Gasteiger partial charge on any atom is 0.222 e. The topological polar surface area (TPSA) is 101 Å². The van der Waals surface area contributed by atoms with Gasteiger partial charge in [0.25, 0.3) is 0 Å². The number of amides is 1. The van der Waals surface area contributed by atoms with Gasteiger partial charge in [-0.1, -0.05) is 32.4 Å². The summed E-state index contributed by atoms with van der Waals surface area (Å²) >= 11 is 0. The van der Waals surface area contributed by atoms with Crippen molar-refractivity contribution in [1.29, 1.82) is 0 Å². The predicted octanol–water partition coefficient (Wildman–Crippen LogP) is 1.84. The van der Waals surface area contributed by atoms with Crippen molar-refractivity contribution in [1.82, 2.24) is 35.5 Å². The molecule has 0 aliphatic carbocycles. The molecule has 3 aromatic rings. The van der Waals surface area contributed by atoms with Crippen LogP contribution in [0.3, 0.4) is 0 Å². The van der Waals surface area contributed by atoms with E-state index in [1.807, 2.05) is 24.3 Å². The molecule has 0 bridgehead atoms. The highest BCUT2D eigenvalue weighted by molar-refractivity contribution is 5.77. The molecule has 0 aliphatic rings. The van der Waals surface area contributed by atoms with Crippen LogP contribution in [0, 0.1) is 5.92 Å². The Morgan fingerprint density at radius 2 is 2.21 bits per heavy atom. The summed E-state index contributed by atoms with van der Waals surface area (Å²) in [6.07, 6.45) is 2.76. The quantitative estimate of drug-likeness (QED) is 0.689. The van der Waals surface area contributed by atoms with Crippen LogP contribution in [0.25, 0.3) is 11.0 Å². The molecule has 1 aromatic carbocycles. The van der Waals surface area contributed by atoms with Gasteiger partial charge in [0.2, 0.25) is 5.91 Å². The summed E-state index contributed by atoms with van der Waals surface area (Å²) in [5, 5.41) is 14.0. The molecule has 8 nitrogen and oxygen atoms in total. The van der Waals surface area contributed by atoms with Gasteiger partial charge in [-0.05, 0) is 28.5 Å². The monoisotopic (exact) mass is 327 g/mol. The maximum atomic E-state index is 12.3. The summed E-state index contributed by atoms with van der Waals surface area (Å²) in [5.74, 6) is 1.01. The zero-order valence-electron chi connectivity index (χ0n) is 13.8.